The first-order valence-electron chi connectivity index (χ1n) is 6.87. The summed E-state index contributed by atoms with van der Waals surface area (Å²) in [6.07, 6.45) is 6.30. The molecule has 3 nitrogen and oxygen atoms in total. The highest BCUT2D eigenvalue weighted by molar-refractivity contribution is 7.15. The summed E-state index contributed by atoms with van der Waals surface area (Å²) in [6.45, 7) is 5.29. The van der Waals surface area contributed by atoms with Crippen molar-refractivity contribution in [2.24, 2.45) is 0 Å². The van der Waals surface area contributed by atoms with Crippen LogP contribution in [-0.4, -0.2) is 16.0 Å². The van der Waals surface area contributed by atoms with E-state index in [1.165, 1.54) is 23.4 Å². The molecule has 0 aliphatic heterocycles. The van der Waals surface area contributed by atoms with Crippen molar-refractivity contribution < 1.29 is 0 Å². The Morgan fingerprint density at radius 2 is 2.26 bits per heavy atom. The van der Waals surface area contributed by atoms with Crippen molar-refractivity contribution in [1.29, 1.82) is 0 Å². The molecule has 3 rings (SSSR count). The number of nitrogens with zero attached hydrogens (tertiary/aromatic N) is 2. The Morgan fingerprint density at radius 3 is 2.89 bits per heavy atom. The van der Waals surface area contributed by atoms with Gasteiger partial charge in [-0.1, -0.05) is 13.8 Å². The molecule has 0 radical (unpaired) electrons. The van der Waals surface area contributed by atoms with E-state index in [9.17, 15) is 0 Å². The molecule has 1 aliphatic rings. The average Bonchev–Trinajstić information content (AvgIpc) is 3.17. The quantitative estimate of drug-likeness (QED) is 0.905. The van der Waals surface area contributed by atoms with Crippen LogP contribution in [0.25, 0.3) is 10.6 Å². The summed E-state index contributed by atoms with van der Waals surface area (Å²) >= 11 is 1.81. The number of rotatable bonds is 5. The summed E-state index contributed by atoms with van der Waals surface area (Å²) in [5.41, 5.74) is 2.45. The van der Waals surface area contributed by atoms with Gasteiger partial charge in [0.05, 0.1) is 5.69 Å². The lowest BCUT2D eigenvalue weighted by Crippen LogP contribution is -2.21. The molecule has 0 aromatic carbocycles. The van der Waals surface area contributed by atoms with Gasteiger partial charge in [-0.3, -0.25) is 4.98 Å². The third-order valence-corrected chi connectivity index (χ3v) is 4.39. The zero-order chi connectivity index (χ0) is 13.2. The van der Waals surface area contributed by atoms with Gasteiger partial charge in [0, 0.05) is 41.3 Å². The highest BCUT2D eigenvalue weighted by atomic mass is 32.1. The van der Waals surface area contributed by atoms with E-state index in [1.807, 2.05) is 23.6 Å². The highest BCUT2D eigenvalue weighted by Gasteiger charge is 2.29. The first-order chi connectivity index (χ1) is 9.24. The van der Waals surface area contributed by atoms with Crippen LogP contribution in [0.3, 0.4) is 0 Å². The van der Waals surface area contributed by atoms with Crippen LogP contribution >= 0.6 is 11.3 Å². The van der Waals surface area contributed by atoms with Crippen LogP contribution in [0.1, 0.15) is 43.2 Å². The lowest BCUT2D eigenvalue weighted by molar-refractivity contribution is 0.590. The molecule has 1 fully saturated rings. The van der Waals surface area contributed by atoms with Gasteiger partial charge in [0.15, 0.2) is 0 Å². The fraction of sp³-hybridized carbons (Fsp3) is 0.467. The van der Waals surface area contributed by atoms with E-state index in [4.69, 9.17) is 4.98 Å². The number of hydrogen-bond donors (Lipinski definition) is 1. The molecule has 19 heavy (non-hydrogen) atoms. The maximum Gasteiger partial charge on any atom is 0.125 e. The van der Waals surface area contributed by atoms with Crippen molar-refractivity contribution in [2.75, 3.05) is 0 Å². The number of nitrogens with one attached hydrogen (secondary N) is 1. The molecule has 2 aromatic rings. The number of thiazole rings is 1. The SMILES string of the molecule is CC(C)NCc1sc(-c2cccnc2)nc1C1CC1. The smallest absolute Gasteiger partial charge is 0.125 e. The summed E-state index contributed by atoms with van der Waals surface area (Å²) in [5.74, 6) is 0.700. The maximum atomic E-state index is 4.86. The number of hydrogen-bond acceptors (Lipinski definition) is 4. The van der Waals surface area contributed by atoms with Crippen LogP contribution in [0, 0.1) is 0 Å². The molecule has 100 valence electrons. The molecule has 2 aromatic heterocycles. The van der Waals surface area contributed by atoms with Crippen LogP contribution in [-0.2, 0) is 6.54 Å². The van der Waals surface area contributed by atoms with E-state index < -0.39 is 0 Å². The summed E-state index contributed by atoms with van der Waals surface area (Å²) in [7, 11) is 0. The second-order valence-electron chi connectivity index (χ2n) is 5.38. The molecule has 1 aliphatic carbocycles. The summed E-state index contributed by atoms with van der Waals surface area (Å²) < 4.78 is 0. The average molecular weight is 273 g/mol. The van der Waals surface area contributed by atoms with E-state index in [2.05, 4.69) is 30.2 Å². The molecule has 4 heteroatoms. The lowest BCUT2D eigenvalue weighted by Gasteiger charge is -2.07. The zero-order valence-electron chi connectivity index (χ0n) is 11.4. The van der Waals surface area contributed by atoms with Crippen LogP contribution in [0.4, 0.5) is 0 Å². The molecule has 1 saturated carbocycles. The Balaban J connectivity index is 1.88. The van der Waals surface area contributed by atoms with Gasteiger partial charge >= 0.3 is 0 Å². The van der Waals surface area contributed by atoms with Gasteiger partial charge in [0.2, 0.25) is 0 Å². The van der Waals surface area contributed by atoms with Crippen molar-refractivity contribution >= 4 is 11.3 Å². The molecule has 0 saturated heterocycles. The molecule has 1 N–H and O–H groups in total. The molecule has 0 unspecified atom stereocenters. The van der Waals surface area contributed by atoms with Crippen LogP contribution in [0.15, 0.2) is 24.5 Å². The van der Waals surface area contributed by atoms with Gasteiger partial charge in [-0.25, -0.2) is 4.98 Å². The largest absolute Gasteiger partial charge is 0.310 e. The minimum absolute atomic E-state index is 0.510. The van der Waals surface area contributed by atoms with Crippen molar-refractivity contribution in [3.63, 3.8) is 0 Å². The van der Waals surface area contributed by atoms with E-state index >= 15 is 0 Å². The van der Waals surface area contributed by atoms with Crippen molar-refractivity contribution in [1.82, 2.24) is 15.3 Å². The van der Waals surface area contributed by atoms with Gasteiger partial charge in [0.25, 0.3) is 0 Å². The maximum absolute atomic E-state index is 4.86. The summed E-state index contributed by atoms with van der Waals surface area (Å²) in [6, 6.07) is 4.57. The van der Waals surface area contributed by atoms with Gasteiger partial charge in [-0.2, -0.15) is 0 Å². The molecule has 2 heterocycles. The standard InChI is InChI=1S/C15H19N3S/c1-10(2)17-9-13-14(11-5-6-11)18-15(19-13)12-4-3-7-16-8-12/h3-4,7-8,10-11,17H,5-6,9H2,1-2H3. The monoisotopic (exact) mass is 273 g/mol. The number of pyridine rings is 1. The van der Waals surface area contributed by atoms with E-state index in [-0.39, 0.29) is 0 Å². The van der Waals surface area contributed by atoms with E-state index in [0.29, 0.717) is 12.0 Å². The Bertz CT molecular complexity index is 544. The second kappa shape index (κ2) is 5.39. The van der Waals surface area contributed by atoms with Gasteiger partial charge < -0.3 is 5.32 Å². The predicted octanol–water partition coefficient (Wildman–Crippen LogP) is 3.58. The lowest BCUT2D eigenvalue weighted by atomic mass is 10.2. The highest BCUT2D eigenvalue weighted by Crippen LogP contribution is 2.44. The Labute approximate surface area is 118 Å². The fourth-order valence-corrected chi connectivity index (χ4v) is 3.16. The fourth-order valence-electron chi connectivity index (χ4n) is 2.08. The third kappa shape index (κ3) is 3.01. The normalized spacial score (nSPS) is 15.1. The van der Waals surface area contributed by atoms with Crippen molar-refractivity contribution in [3.8, 4) is 10.6 Å². The zero-order valence-corrected chi connectivity index (χ0v) is 12.2. The second-order valence-corrected chi connectivity index (χ2v) is 6.46. The third-order valence-electron chi connectivity index (χ3n) is 3.27. The van der Waals surface area contributed by atoms with E-state index in [1.54, 1.807) is 6.20 Å². The van der Waals surface area contributed by atoms with Crippen LogP contribution < -0.4 is 5.32 Å². The minimum atomic E-state index is 0.510. The predicted molar refractivity (Wildman–Crippen MR) is 79.3 cm³/mol. The van der Waals surface area contributed by atoms with Gasteiger partial charge in [-0.15, -0.1) is 11.3 Å². The summed E-state index contributed by atoms with van der Waals surface area (Å²) in [5, 5.41) is 4.61. The Morgan fingerprint density at radius 1 is 1.42 bits per heavy atom. The van der Waals surface area contributed by atoms with Crippen molar-refractivity contribution in [3.05, 3.63) is 35.1 Å². The van der Waals surface area contributed by atoms with Crippen molar-refractivity contribution in [2.45, 2.75) is 45.2 Å². The first-order valence-corrected chi connectivity index (χ1v) is 7.69. The molecule has 0 atom stereocenters. The number of aromatic nitrogens is 2. The molecular weight excluding hydrogens is 254 g/mol. The molecule has 0 amide bonds. The van der Waals surface area contributed by atoms with Crippen LogP contribution in [0.2, 0.25) is 0 Å². The topological polar surface area (TPSA) is 37.8 Å². The first kappa shape index (κ1) is 12.8. The minimum Gasteiger partial charge on any atom is -0.310 e. The summed E-state index contributed by atoms with van der Waals surface area (Å²) in [4.78, 5) is 10.4. The van der Waals surface area contributed by atoms with Gasteiger partial charge in [-0.05, 0) is 25.0 Å². The molecule has 0 bridgehead atoms. The van der Waals surface area contributed by atoms with Crippen LogP contribution in [0.5, 0.6) is 0 Å². The van der Waals surface area contributed by atoms with Gasteiger partial charge in [0.1, 0.15) is 5.01 Å². The molecular formula is C15H19N3S. The van der Waals surface area contributed by atoms with E-state index in [0.717, 1.165) is 17.1 Å². The Hall–Kier alpha value is -1.26. The molecule has 0 spiro atoms. The Kier molecular flexibility index (Phi) is 3.62.